The predicted molar refractivity (Wildman–Crippen MR) is 184 cm³/mol. The van der Waals surface area contributed by atoms with Gasteiger partial charge in [-0.3, -0.25) is 19.2 Å². The van der Waals surface area contributed by atoms with Gasteiger partial charge in [-0.15, -0.1) is 11.3 Å². The van der Waals surface area contributed by atoms with E-state index < -0.39 is 29.7 Å². The number of nitrogens with one attached hydrogen (secondary N) is 3. The Hall–Kier alpha value is -3.83. The highest BCUT2D eigenvalue weighted by Gasteiger charge is 2.34. The topological polar surface area (TPSA) is 111 Å². The molecule has 47 heavy (non-hydrogen) atoms. The first-order valence-corrected chi connectivity index (χ1v) is 17.7. The molecule has 1 aromatic heterocycles. The van der Waals surface area contributed by atoms with Crippen LogP contribution in [0.15, 0.2) is 47.8 Å². The summed E-state index contributed by atoms with van der Waals surface area (Å²) in [6.45, 7) is 6.12. The zero-order valence-corrected chi connectivity index (χ0v) is 28.3. The van der Waals surface area contributed by atoms with Gasteiger partial charge in [0.25, 0.3) is 5.91 Å². The molecular formula is C36H46FN5O4S. The summed E-state index contributed by atoms with van der Waals surface area (Å²) in [5.74, 6) is -2.46. The van der Waals surface area contributed by atoms with Gasteiger partial charge < -0.3 is 25.8 Å². The fourth-order valence-corrected chi connectivity index (χ4v) is 7.57. The second-order valence-corrected chi connectivity index (χ2v) is 13.8. The molecule has 2 aliphatic rings. The maximum Gasteiger partial charge on any atom is 0.253 e. The van der Waals surface area contributed by atoms with Gasteiger partial charge in [-0.05, 0) is 49.6 Å². The quantitative estimate of drug-likeness (QED) is 0.248. The molecule has 4 amide bonds. The summed E-state index contributed by atoms with van der Waals surface area (Å²) in [7, 11) is 2.00. The molecule has 9 nitrogen and oxygen atoms in total. The van der Waals surface area contributed by atoms with Crippen LogP contribution in [0.3, 0.4) is 0 Å². The average Bonchev–Trinajstić information content (AvgIpc) is 3.33. The molecule has 1 saturated carbocycles. The number of hydrogen-bond donors (Lipinski definition) is 3. The maximum atomic E-state index is 15.7. The summed E-state index contributed by atoms with van der Waals surface area (Å²) in [6, 6.07) is 10.5. The maximum absolute atomic E-state index is 15.7. The highest BCUT2D eigenvalue weighted by atomic mass is 32.1. The Labute approximate surface area is 280 Å². The third kappa shape index (κ3) is 8.37. The second kappa shape index (κ2) is 15.8. The lowest BCUT2D eigenvalue weighted by Crippen LogP contribution is -2.55. The van der Waals surface area contributed by atoms with Crippen molar-refractivity contribution >= 4 is 50.7 Å². The minimum Gasteiger partial charge on any atom is -0.344 e. The van der Waals surface area contributed by atoms with Crippen LogP contribution in [0.1, 0.15) is 80.6 Å². The highest BCUT2D eigenvalue weighted by molar-refractivity contribution is 7.17. The first kappa shape index (κ1) is 34.5. The minimum atomic E-state index is -0.853. The van der Waals surface area contributed by atoms with Crippen LogP contribution in [0.4, 0.5) is 10.1 Å². The zero-order chi connectivity index (χ0) is 33.5. The molecule has 3 atom stereocenters. The van der Waals surface area contributed by atoms with Crippen molar-refractivity contribution in [3.8, 4) is 0 Å². The molecule has 3 aromatic rings. The number of nitrogens with zero attached hydrogens (tertiary/aromatic N) is 2. The molecule has 0 radical (unpaired) electrons. The van der Waals surface area contributed by atoms with Gasteiger partial charge in [-0.2, -0.15) is 0 Å². The molecule has 0 bridgehead atoms. The van der Waals surface area contributed by atoms with Crippen LogP contribution in [-0.2, 0) is 14.4 Å². The van der Waals surface area contributed by atoms with Crippen molar-refractivity contribution < 1.29 is 23.6 Å². The van der Waals surface area contributed by atoms with Gasteiger partial charge in [0.2, 0.25) is 17.7 Å². The first-order chi connectivity index (χ1) is 22.7. The fourth-order valence-electron chi connectivity index (χ4n) is 6.63. The number of anilines is 1. The normalized spacial score (nSPS) is 18.2. The number of likely N-dealkylation sites (N-methyl/N-ethyl adjacent to an activating group) is 1. The number of carbonyl (C=O) groups excluding carboxylic acids is 4. The summed E-state index contributed by atoms with van der Waals surface area (Å²) in [6.07, 6.45) is 5.92. The predicted octanol–water partition coefficient (Wildman–Crippen LogP) is 5.52. The van der Waals surface area contributed by atoms with Gasteiger partial charge >= 0.3 is 0 Å². The van der Waals surface area contributed by atoms with E-state index in [4.69, 9.17) is 0 Å². The van der Waals surface area contributed by atoms with Crippen LogP contribution in [0.5, 0.6) is 0 Å². The molecule has 11 heteroatoms. The lowest BCUT2D eigenvalue weighted by molar-refractivity contribution is -0.138. The first-order valence-electron chi connectivity index (χ1n) is 16.8. The largest absolute Gasteiger partial charge is 0.344 e. The molecule has 1 saturated heterocycles. The van der Waals surface area contributed by atoms with E-state index >= 15 is 4.39 Å². The van der Waals surface area contributed by atoms with Crippen molar-refractivity contribution in [3.05, 3.63) is 64.8 Å². The van der Waals surface area contributed by atoms with E-state index in [1.165, 1.54) is 23.5 Å². The molecule has 3 unspecified atom stereocenters. The van der Waals surface area contributed by atoms with Crippen LogP contribution in [-0.4, -0.2) is 78.7 Å². The Balaban J connectivity index is 1.34. The van der Waals surface area contributed by atoms with E-state index in [-0.39, 0.29) is 35.7 Å². The molecular weight excluding hydrogens is 617 g/mol. The zero-order valence-electron chi connectivity index (χ0n) is 27.5. The van der Waals surface area contributed by atoms with E-state index in [0.29, 0.717) is 24.2 Å². The second-order valence-electron chi connectivity index (χ2n) is 12.9. The Kier molecular flexibility index (Phi) is 11.6. The van der Waals surface area contributed by atoms with Crippen molar-refractivity contribution in [2.45, 2.75) is 76.8 Å². The Bertz CT molecular complexity index is 1580. The van der Waals surface area contributed by atoms with Crippen molar-refractivity contribution in [3.63, 3.8) is 0 Å². The third-order valence-corrected chi connectivity index (χ3v) is 10.6. The molecule has 2 aromatic carbocycles. The van der Waals surface area contributed by atoms with E-state index in [1.807, 2.05) is 36.7 Å². The van der Waals surface area contributed by atoms with Gasteiger partial charge in [0, 0.05) is 54.0 Å². The van der Waals surface area contributed by atoms with Gasteiger partial charge in [-0.1, -0.05) is 63.8 Å². The summed E-state index contributed by atoms with van der Waals surface area (Å²) < 4.78 is 16.7. The van der Waals surface area contributed by atoms with Crippen molar-refractivity contribution in [2.24, 2.45) is 5.92 Å². The average molecular weight is 664 g/mol. The van der Waals surface area contributed by atoms with Crippen LogP contribution in [0, 0.1) is 11.7 Å². The van der Waals surface area contributed by atoms with E-state index in [9.17, 15) is 19.2 Å². The van der Waals surface area contributed by atoms with E-state index in [0.717, 1.165) is 61.7 Å². The van der Waals surface area contributed by atoms with Gasteiger partial charge in [0.1, 0.15) is 17.9 Å². The molecule has 2 fully saturated rings. The number of halogens is 1. The summed E-state index contributed by atoms with van der Waals surface area (Å²) in [5.41, 5.74) is 1.05. The minimum absolute atomic E-state index is 0.000609. The van der Waals surface area contributed by atoms with Crippen LogP contribution in [0.2, 0.25) is 0 Å². The van der Waals surface area contributed by atoms with E-state index in [2.05, 4.69) is 20.9 Å². The van der Waals surface area contributed by atoms with Crippen LogP contribution in [0.25, 0.3) is 10.1 Å². The molecule has 0 spiro atoms. The standard InChI is InChI=1S/C36H46FN5O4S/c1-4-31(43)39-32(36(46)42-19-17-41(3)18-20-42)23(2)25-15-16-29(28(37)21-25)38-35(45)33(24-11-7-5-6-8-12-24)40-34(44)27-22-47-30-14-10-9-13-26(27)30/h9-10,13-16,21-24,32-33H,4-8,11-12,17-20H2,1-3H3,(H,38,45)(H,39,43)(H,40,44). The number of piperazine rings is 1. The monoisotopic (exact) mass is 663 g/mol. The lowest BCUT2D eigenvalue weighted by Gasteiger charge is -2.36. The molecule has 1 aliphatic heterocycles. The number of benzene rings is 2. The number of hydrogen-bond acceptors (Lipinski definition) is 6. The van der Waals surface area contributed by atoms with Crippen molar-refractivity contribution in [2.75, 3.05) is 38.5 Å². The Morgan fingerprint density at radius 1 is 0.957 bits per heavy atom. The molecule has 5 rings (SSSR count). The number of thiophene rings is 1. The third-order valence-electron chi connectivity index (χ3n) is 9.66. The van der Waals surface area contributed by atoms with Crippen LogP contribution >= 0.6 is 11.3 Å². The highest BCUT2D eigenvalue weighted by Crippen LogP contribution is 2.30. The lowest BCUT2D eigenvalue weighted by atomic mass is 9.90. The molecule has 252 valence electrons. The number of amides is 4. The van der Waals surface area contributed by atoms with E-state index in [1.54, 1.807) is 24.8 Å². The van der Waals surface area contributed by atoms with Gasteiger partial charge in [0.15, 0.2) is 0 Å². The molecule has 1 aliphatic carbocycles. The summed E-state index contributed by atoms with van der Waals surface area (Å²) >= 11 is 1.48. The van der Waals surface area contributed by atoms with Crippen molar-refractivity contribution in [1.82, 2.24) is 20.4 Å². The summed E-state index contributed by atoms with van der Waals surface area (Å²) in [4.78, 5) is 57.2. The fraction of sp³-hybridized carbons (Fsp3) is 0.500. The van der Waals surface area contributed by atoms with Crippen molar-refractivity contribution in [1.29, 1.82) is 0 Å². The van der Waals surface area contributed by atoms with Gasteiger partial charge in [0.05, 0.1) is 11.3 Å². The summed E-state index contributed by atoms with van der Waals surface area (Å²) in [5, 5.41) is 11.3. The Morgan fingerprint density at radius 3 is 2.34 bits per heavy atom. The SMILES string of the molecule is CCC(=O)NC(C(=O)N1CCN(C)CC1)C(C)c1ccc(NC(=O)C(NC(=O)c2csc3ccccc23)C2CCCCCC2)c(F)c1. The smallest absolute Gasteiger partial charge is 0.253 e. The molecule has 3 N–H and O–H groups in total. The Morgan fingerprint density at radius 2 is 1.66 bits per heavy atom. The molecule has 2 heterocycles. The van der Waals surface area contributed by atoms with Gasteiger partial charge in [-0.25, -0.2) is 4.39 Å². The number of carbonyl (C=O) groups is 4. The number of rotatable bonds is 10. The number of fused-ring (bicyclic) bond motifs is 1. The van der Waals surface area contributed by atoms with Crippen LogP contribution < -0.4 is 16.0 Å².